The van der Waals surface area contributed by atoms with Gasteiger partial charge in [-0.2, -0.15) is 0 Å². The van der Waals surface area contributed by atoms with Crippen LogP contribution in [0.2, 0.25) is 0 Å². The highest BCUT2D eigenvalue weighted by Gasteiger charge is 2.19. The molecule has 1 atom stereocenters. The van der Waals surface area contributed by atoms with E-state index in [0.29, 0.717) is 6.42 Å². The molecule has 1 amide bonds. The molecule has 0 aliphatic heterocycles. The molecule has 0 aliphatic carbocycles. The molecule has 0 aromatic carbocycles. The Labute approximate surface area is 101 Å². The molecule has 0 spiro atoms. The van der Waals surface area contributed by atoms with Gasteiger partial charge in [-0.15, -0.1) is 0 Å². The molecule has 0 aliphatic rings. The minimum absolute atomic E-state index is 0.0240. The first kappa shape index (κ1) is 15.7. The molecule has 2 N–H and O–H groups in total. The SMILES string of the molecule is COCC(CCC(=O)O)NC(=O)OC(C)(C)C. The van der Waals surface area contributed by atoms with Gasteiger partial charge >= 0.3 is 12.1 Å². The van der Waals surface area contributed by atoms with Crippen LogP contribution in [-0.2, 0) is 14.3 Å². The summed E-state index contributed by atoms with van der Waals surface area (Å²) >= 11 is 0. The predicted molar refractivity (Wildman–Crippen MR) is 61.9 cm³/mol. The van der Waals surface area contributed by atoms with E-state index in [4.69, 9.17) is 14.6 Å². The second-order valence-corrected chi connectivity index (χ2v) is 4.73. The normalized spacial score (nSPS) is 12.9. The van der Waals surface area contributed by atoms with Gasteiger partial charge in [0.1, 0.15) is 5.60 Å². The maximum atomic E-state index is 11.5. The lowest BCUT2D eigenvalue weighted by molar-refractivity contribution is -0.137. The van der Waals surface area contributed by atoms with Crippen molar-refractivity contribution >= 4 is 12.1 Å². The van der Waals surface area contributed by atoms with E-state index in [-0.39, 0.29) is 19.1 Å². The molecule has 0 aromatic heterocycles. The van der Waals surface area contributed by atoms with Crippen LogP contribution >= 0.6 is 0 Å². The number of aliphatic carboxylic acids is 1. The summed E-state index contributed by atoms with van der Waals surface area (Å²) in [4.78, 5) is 21.9. The molecule has 6 nitrogen and oxygen atoms in total. The zero-order valence-electron chi connectivity index (χ0n) is 10.8. The van der Waals surface area contributed by atoms with E-state index in [2.05, 4.69) is 5.32 Å². The highest BCUT2D eigenvalue weighted by atomic mass is 16.6. The quantitative estimate of drug-likeness (QED) is 0.741. The van der Waals surface area contributed by atoms with Crippen LogP contribution in [0.5, 0.6) is 0 Å². The van der Waals surface area contributed by atoms with Gasteiger partial charge in [-0.3, -0.25) is 4.79 Å². The van der Waals surface area contributed by atoms with Crippen LogP contribution in [0.4, 0.5) is 4.79 Å². The Morgan fingerprint density at radius 1 is 1.35 bits per heavy atom. The number of hydrogen-bond acceptors (Lipinski definition) is 4. The van der Waals surface area contributed by atoms with Crippen LogP contribution in [0.25, 0.3) is 0 Å². The number of amides is 1. The van der Waals surface area contributed by atoms with Crippen molar-refractivity contribution in [3.63, 3.8) is 0 Å². The van der Waals surface area contributed by atoms with Gasteiger partial charge in [-0.25, -0.2) is 4.79 Å². The summed E-state index contributed by atoms with van der Waals surface area (Å²) in [6.07, 6.45) is -0.281. The fourth-order valence-electron chi connectivity index (χ4n) is 1.17. The van der Waals surface area contributed by atoms with Crippen molar-refractivity contribution in [3.05, 3.63) is 0 Å². The van der Waals surface area contributed by atoms with E-state index >= 15 is 0 Å². The fraction of sp³-hybridized carbons (Fsp3) is 0.818. The highest BCUT2D eigenvalue weighted by molar-refractivity contribution is 5.69. The van der Waals surface area contributed by atoms with E-state index in [9.17, 15) is 9.59 Å². The minimum atomic E-state index is -0.905. The first-order valence-electron chi connectivity index (χ1n) is 5.45. The Morgan fingerprint density at radius 3 is 2.35 bits per heavy atom. The number of alkyl carbamates (subject to hydrolysis) is 1. The molecular formula is C11H21NO5. The monoisotopic (exact) mass is 247 g/mol. The van der Waals surface area contributed by atoms with Gasteiger partial charge in [-0.05, 0) is 27.2 Å². The van der Waals surface area contributed by atoms with Gasteiger partial charge in [-0.1, -0.05) is 0 Å². The molecule has 17 heavy (non-hydrogen) atoms. The zero-order valence-corrected chi connectivity index (χ0v) is 10.8. The Morgan fingerprint density at radius 2 is 1.94 bits per heavy atom. The number of methoxy groups -OCH3 is 1. The molecule has 0 saturated heterocycles. The number of hydrogen-bond donors (Lipinski definition) is 2. The van der Waals surface area contributed by atoms with Crippen molar-refractivity contribution in [3.8, 4) is 0 Å². The van der Waals surface area contributed by atoms with E-state index < -0.39 is 17.7 Å². The Kier molecular flexibility index (Phi) is 6.57. The Hall–Kier alpha value is -1.30. The summed E-state index contributed by atoms with van der Waals surface area (Å²) in [6.45, 7) is 5.53. The second-order valence-electron chi connectivity index (χ2n) is 4.73. The number of carboxylic acid groups (broad SMARTS) is 1. The summed E-state index contributed by atoms with van der Waals surface area (Å²) < 4.78 is 9.97. The van der Waals surface area contributed by atoms with E-state index in [0.717, 1.165) is 0 Å². The molecule has 0 aromatic rings. The van der Waals surface area contributed by atoms with Crippen molar-refractivity contribution in [1.82, 2.24) is 5.32 Å². The van der Waals surface area contributed by atoms with Crippen molar-refractivity contribution in [2.45, 2.75) is 45.3 Å². The lowest BCUT2D eigenvalue weighted by Gasteiger charge is -2.23. The van der Waals surface area contributed by atoms with Gasteiger partial charge < -0.3 is 19.9 Å². The first-order chi connectivity index (χ1) is 7.74. The maximum Gasteiger partial charge on any atom is 0.407 e. The smallest absolute Gasteiger partial charge is 0.407 e. The fourth-order valence-corrected chi connectivity index (χ4v) is 1.17. The average Bonchev–Trinajstić information content (AvgIpc) is 2.11. The summed E-state index contributed by atoms with van der Waals surface area (Å²) in [6, 6.07) is -0.356. The lowest BCUT2D eigenvalue weighted by Crippen LogP contribution is -2.41. The third kappa shape index (κ3) is 9.62. The number of carbonyl (C=O) groups is 2. The lowest BCUT2D eigenvalue weighted by atomic mass is 10.1. The molecule has 0 bridgehead atoms. The van der Waals surface area contributed by atoms with Gasteiger partial charge in [0.2, 0.25) is 0 Å². The number of carbonyl (C=O) groups excluding carboxylic acids is 1. The zero-order chi connectivity index (χ0) is 13.5. The van der Waals surface area contributed by atoms with Gasteiger partial charge in [0.15, 0.2) is 0 Å². The van der Waals surface area contributed by atoms with E-state index in [1.165, 1.54) is 7.11 Å². The van der Waals surface area contributed by atoms with Crippen molar-refractivity contribution in [2.75, 3.05) is 13.7 Å². The molecular weight excluding hydrogens is 226 g/mol. The standard InChI is InChI=1S/C11H21NO5/c1-11(2,3)17-10(15)12-8(7-16-4)5-6-9(13)14/h8H,5-7H2,1-4H3,(H,12,15)(H,13,14). The summed E-state index contributed by atoms with van der Waals surface area (Å²) in [5.74, 6) is -0.905. The highest BCUT2D eigenvalue weighted by Crippen LogP contribution is 2.07. The summed E-state index contributed by atoms with van der Waals surface area (Å²) in [5, 5.41) is 11.1. The third-order valence-electron chi connectivity index (χ3n) is 1.80. The molecule has 0 radical (unpaired) electrons. The summed E-state index contributed by atoms with van der Waals surface area (Å²) in [5.41, 5.74) is -0.575. The minimum Gasteiger partial charge on any atom is -0.481 e. The molecule has 0 rings (SSSR count). The van der Waals surface area contributed by atoms with Crippen molar-refractivity contribution < 1.29 is 24.2 Å². The molecule has 0 saturated carbocycles. The van der Waals surface area contributed by atoms with Gasteiger partial charge in [0, 0.05) is 13.5 Å². The maximum absolute atomic E-state index is 11.5. The van der Waals surface area contributed by atoms with Gasteiger partial charge in [0.25, 0.3) is 0 Å². The number of nitrogens with one attached hydrogen (secondary N) is 1. The largest absolute Gasteiger partial charge is 0.481 e. The van der Waals surface area contributed by atoms with Crippen LogP contribution in [0, 0.1) is 0 Å². The second kappa shape index (κ2) is 7.11. The molecule has 1 unspecified atom stereocenters. The number of carboxylic acids is 1. The third-order valence-corrected chi connectivity index (χ3v) is 1.80. The van der Waals surface area contributed by atoms with Crippen LogP contribution in [-0.4, -0.2) is 42.5 Å². The van der Waals surface area contributed by atoms with E-state index in [1.807, 2.05) is 0 Å². The molecule has 0 heterocycles. The van der Waals surface area contributed by atoms with Crippen molar-refractivity contribution in [1.29, 1.82) is 0 Å². The first-order valence-corrected chi connectivity index (χ1v) is 5.45. The number of ether oxygens (including phenoxy) is 2. The van der Waals surface area contributed by atoms with Crippen LogP contribution in [0.15, 0.2) is 0 Å². The molecule has 0 fully saturated rings. The Bertz CT molecular complexity index is 259. The number of rotatable bonds is 6. The van der Waals surface area contributed by atoms with E-state index in [1.54, 1.807) is 20.8 Å². The van der Waals surface area contributed by atoms with Crippen molar-refractivity contribution in [2.24, 2.45) is 0 Å². The molecule has 100 valence electrons. The summed E-state index contributed by atoms with van der Waals surface area (Å²) in [7, 11) is 1.49. The topological polar surface area (TPSA) is 84.9 Å². The van der Waals surface area contributed by atoms with Crippen LogP contribution in [0.3, 0.4) is 0 Å². The average molecular weight is 247 g/mol. The molecule has 6 heteroatoms. The van der Waals surface area contributed by atoms with Crippen LogP contribution in [0.1, 0.15) is 33.6 Å². The van der Waals surface area contributed by atoms with Crippen LogP contribution < -0.4 is 5.32 Å². The predicted octanol–water partition coefficient (Wildman–Crippen LogP) is 1.39. The van der Waals surface area contributed by atoms with Gasteiger partial charge in [0.05, 0.1) is 12.6 Å². The Balaban J connectivity index is 4.14.